The number of oxazole rings is 1. The Labute approximate surface area is 179 Å². The molecule has 0 saturated heterocycles. The second kappa shape index (κ2) is 9.81. The van der Waals surface area contributed by atoms with Crippen LogP contribution in [-0.4, -0.2) is 36.2 Å². The van der Waals surface area contributed by atoms with E-state index in [1.165, 1.54) is 5.57 Å². The minimum Gasteiger partial charge on any atom is -0.493 e. The van der Waals surface area contributed by atoms with Crippen molar-refractivity contribution in [3.05, 3.63) is 66.6 Å². The fourth-order valence-corrected chi connectivity index (χ4v) is 4.20. The van der Waals surface area contributed by atoms with Crippen LogP contribution < -0.4 is 9.47 Å². The molecular formula is C25H32N2O3. The monoisotopic (exact) mass is 408 g/mol. The fraction of sp³-hybridized carbons (Fsp3) is 0.400. The van der Waals surface area contributed by atoms with E-state index in [1.54, 1.807) is 14.2 Å². The van der Waals surface area contributed by atoms with Gasteiger partial charge in [0.1, 0.15) is 5.76 Å². The first-order valence-corrected chi connectivity index (χ1v) is 10.3. The molecule has 2 heterocycles. The van der Waals surface area contributed by atoms with Gasteiger partial charge in [-0.1, -0.05) is 29.9 Å². The lowest BCUT2D eigenvalue weighted by Gasteiger charge is -2.40. The molecule has 0 aliphatic carbocycles. The highest BCUT2D eigenvalue weighted by Gasteiger charge is 2.30. The third-order valence-electron chi connectivity index (χ3n) is 5.63. The first-order chi connectivity index (χ1) is 14.5. The molecule has 0 radical (unpaired) electrons. The van der Waals surface area contributed by atoms with E-state index in [4.69, 9.17) is 18.9 Å². The normalized spacial score (nSPS) is 19.3. The van der Waals surface area contributed by atoms with Crippen molar-refractivity contribution in [1.29, 1.82) is 0 Å². The highest BCUT2D eigenvalue weighted by atomic mass is 16.5. The van der Waals surface area contributed by atoms with Gasteiger partial charge >= 0.3 is 0 Å². The minimum absolute atomic E-state index is 0.298. The van der Waals surface area contributed by atoms with Crippen LogP contribution in [0.5, 0.6) is 11.5 Å². The highest BCUT2D eigenvalue weighted by Crippen LogP contribution is 2.38. The summed E-state index contributed by atoms with van der Waals surface area (Å²) < 4.78 is 17.1. The molecule has 0 saturated carbocycles. The van der Waals surface area contributed by atoms with E-state index in [9.17, 15) is 0 Å². The van der Waals surface area contributed by atoms with Gasteiger partial charge in [0.2, 0.25) is 5.89 Å². The molecule has 0 spiro atoms. The lowest BCUT2D eigenvalue weighted by atomic mass is 9.92. The Morgan fingerprint density at radius 2 is 1.93 bits per heavy atom. The van der Waals surface area contributed by atoms with E-state index in [0.29, 0.717) is 36.0 Å². The summed E-state index contributed by atoms with van der Waals surface area (Å²) in [5.41, 5.74) is 3.14. The van der Waals surface area contributed by atoms with Crippen molar-refractivity contribution < 1.29 is 13.9 Å². The maximum absolute atomic E-state index is 6.07. The molecule has 0 amide bonds. The third kappa shape index (κ3) is 4.51. The maximum Gasteiger partial charge on any atom is 0.230 e. The molecule has 3 rings (SSSR count). The van der Waals surface area contributed by atoms with Crippen LogP contribution in [0.15, 0.2) is 59.6 Å². The molecule has 160 valence electrons. The number of nitrogens with zero attached hydrogens (tertiary/aromatic N) is 2. The SMILES string of the molecule is C=CC[C@@H]1CC(C)=C[C@@H](CC=C)N1Cc1nc(-c2cccc(OC)c2OC)oc1C. The zero-order chi connectivity index (χ0) is 21.7. The van der Waals surface area contributed by atoms with Crippen molar-refractivity contribution in [2.24, 2.45) is 0 Å². The second-order valence-electron chi connectivity index (χ2n) is 7.72. The van der Waals surface area contributed by atoms with E-state index >= 15 is 0 Å². The topological polar surface area (TPSA) is 47.7 Å². The second-order valence-corrected chi connectivity index (χ2v) is 7.72. The van der Waals surface area contributed by atoms with Crippen LogP contribution in [0.4, 0.5) is 0 Å². The van der Waals surface area contributed by atoms with Gasteiger partial charge in [-0.05, 0) is 45.2 Å². The van der Waals surface area contributed by atoms with Crippen LogP contribution in [-0.2, 0) is 6.54 Å². The zero-order valence-electron chi connectivity index (χ0n) is 18.5. The van der Waals surface area contributed by atoms with Crippen LogP contribution in [0, 0.1) is 6.92 Å². The summed E-state index contributed by atoms with van der Waals surface area (Å²) in [5, 5.41) is 0. The van der Waals surface area contributed by atoms with E-state index in [-0.39, 0.29) is 0 Å². The van der Waals surface area contributed by atoms with Gasteiger partial charge in [-0.2, -0.15) is 0 Å². The van der Waals surface area contributed by atoms with Crippen molar-refractivity contribution >= 4 is 0 Å². The van der Waals surface area contributed by atoms with E-state index in [0.717, 1.165) is 36.3 Å². The Bertz CT molecular complexity index is 928. The van der Waals surface area contributed by atoms with Gasteiger partial charge in [-0.15, -0.1) is 13.2 Å². The molecule has 30 heavy (non-hydrogen) atoms. The van der Waals surface area contributed by atoms with E-state index in [2.05, 4.69) is 31.1 Å². The van der Waals surface area contributed by atoms with Crippen LogP contribution in [0.1, 0.15) is 37.6 Å². The minimum atomic E-state index is 0.298. The highest BCUT2D eigenvalue weighted by molar-refractivity contribution is 5.68. The molecule has 0 bridgehead atoms. The average Bonchev–Trinajstić information content (AvgIpc) is 3.10. The summed E-state index contributed by atoms with van der Waals surface area (Å²) in [5.74, 6) is 2.64. The number of rotatable bonds is 9. The maximum atomic E-state index is 6.07. The number of para-hydroxylation sites is 1. The Hall–Kier alpha value is -2.79. The standard InChI is InChI=1S/C25H32N2O3/c1-7-10-19-14-17(3)15-20(11-8-2)27(19)16-22-18(4)30-25(26-22)21-12-9-13-23(28-5)24(21)29-6/h7-9,12-14,19-20H,1-2,10-11,15-16H2,3-6H3/t19-,20-/m1/s1. The van der Waals surface area contributed by atoms with Gasteiger partial charge in [0.15, 0.2) is 11.5 Å². The molecule has 2 atom stereocenters. The summed E-state index contributed by atoms with van der Waals surface area (Å²) in [6.07, 6.45) is 9.21. The zero-order valence-corrected chi connectivity index (χ0v) is 18.5. The van der Waals surface area contributed by atoms with Gasteiger partial charge < -0.3 is 13.9 Å². The molecule has 5 nitrogen and oxygen atoms in total. The van der Waals surface area contributed by atoms with Crippen LogP contribution in [0.2, 0.25) is 0 Å². The number of hydrogen-bond donors (Lipinski definition) is 0. The Balaban J connectivity index is 1.95. The molecule has 0 fully saturated rings. The Morgan fingerprint density at radius 3 is 2.60 bits per heavy atom. The van der Waals surface area contributed by atoms with E-state index in [1.807, 2.05) is 37.3 Å². The molecule has 1 aromatic carbocycles. The molecule has 1 aliphatic heterocycles. The quantitative estimate of drug-likeness (QED) is 0.498. The lowest BCUT2D eigenvalue weighted by Crippen LogP contribution is -2.44. The summed E-state index contributed by atoms with van der Waals surface area (Å²) in [4.78, 5) is 7.34. The molecular weight excluding hydrogens is 376 g/mol. The average molecular weight is 409 g/mol. The van der Waals surface area contributed by atoms with Crippen molar-refractivity contribution in [1.82, 2.24) is 9.88 Å². The smallest absolute Gasteiger partial charge is 0.230 e. The number of aromatic nitrogens is 1. The molecule has 5 heteroatoms. The molecule has 0 N–H and O–H groups in total. The van der Waals surface area contributed by atoms with Crippen molar-refractivity contribution in [2.45, 2.75) is 51.7 Å². The number of hydrogen-bond acceptors (Lipinski definition) is 5. The van der Waals surface area contributed by atoms with Crippen LogP contribution in [0.25, 0.3) is 11.5 Å². The van der Waals surface area contributed by atoms with Crippen molar-refractivity contribution in [2.75, 3.05) is 14.2 Å². The summed E-state index contributed by atoms with van der Waals surface area (Å²) in [6, 6.07) is 6.40. The first kappa shape index (κ1) is 21.9. The van der Waals surface area contributed by atoms with Gasteiger partial charge in [0.05, 0.1) is 25.5 Å². The first-order valence-electron chi connectivity index (χ1n) is 10.3. The van der Waals surface area contributed by atoms with Gasteiger partial charge in [-0.3, -0.25) is 4.90 Å². The fourth-order valence-electron chi connectivity index (χ4n) is 4.20. The van der Waals surface area contributed by atoms with Crippen molar-refractivity contribution in [3.8, 4) is 23.0 Å². The number of aryl methyl sites for hydroxylation is 1. The van der Waals surface area contributed by atoms with Gasteiger partial charge in [0.25, 0.3) is 0 Å². The van der Waals surface area contributed by atoms with Gasteiger partial charge in [-0.25, -0.2) is 4.98 Å². The summed E-state index contributed by atoms with van der Waals surface area (Å²) in [7, 11) is 3.25. The number of methoxy groups -OCH3 is 2. The largest absolute Gasteiger partial charge is 0.493 e. The molecule has 1 aromatic heterocycles. The summed E-state index contributed by atoms with van der Waals surface area (Å²) in [6.45, 7) is 12.8. The number of benzene rings is 1. The Morgan fingerprint density at radius 1 is 1.17 bits per heavy atom. The lowest BCUT2D eigenvalue weighted by molar-refractivity contribution is 0.136. The predicted molar refractivity (Wildman–Crippen MR) is 121 cm³/mol. The third-order valence-corrected chi connectivity index (χ3v) is 5.63. The van der Waals surface area contributed by atoms with Gasteiger partial charge in [0, 0.05) is 18.6 Å². The molecule has 2 aromatic rings. The van der Waals surface area contributed by atoms with Crippen LogP contribution in [0.3, 0.4) is 0 Å². The molecule has 1 aliphatic rings. The van der Waals surface area contributed by atoms with Crippen molar-refractivity contribution in [3.63, 3.8) is 0 Å². The Kier molecular flexibility index (Phi) is 7.16. The van der Waals surface area contributed by atoms with Crippen LogP contribution >= 0.6 is 0 Å². The number of ether oxygens (including phenoxy) is 2. The van der Waals surface area contributed by atoms with E-state index < -0.39 is 0 Å². The predicted octanol–water partition coefficient (Wildman–Crippen LogP) is 5.71. The summed E-state index contributed by atoms with van der Waals surface area (Å²) >= 11 is 0. The molecule has 0 unspecified atom stereocenters.